The number of anilines is 1. The molecule has 0 aliphatic rings. The quantitative estimate of drug-likeness (QED) is 0.746. The van der Waals surface area contributed by atoms with Gasteiger partial charge in [0.2, 0.25) is 0 Å². The first-order valence-corrected chi connectivity index (χ1v) is 5.42. The van der Waals surface area contributed by atoms with Gasteiger partial charge in [0.1, 0.15) is 0 Å². The molecular weight excluding hydrogens is 204 g/mol. The predicted molar refractivity (Wildman–Crippen MR) is 64.4 cm³/mol. The summed E-state index contributed by atoms with van der Waals surface area (Å²) in [4.78, 5) is 13.2. The normalized spacial score (nSPS) is 10.7. The second-order valence-corrected chi connectivity index (χ2v) is 3.68. The number of nitrogens with two attached hydrogens (primary N) is 1. The Hall–Kier alpha value is -1.55. The summed E-state index contributed by atoms with van der Waals surface area (Å²) in [6.07, 6.45) is 0. The minimum absolute atomic E-state index is 0.298. The molecular formula is C12H18N2O2. The highest BCUT2D eigenvalue weighted by atomic mass is 16.4. The van der Waals surface area contributed by atoms with E-state index in [1.54, 1.807) is 12.1 Å². The standard InChI is InChI=1S/C12H18N2O2/c1-3-14(4-2)8-9-5-6-10(13)7-11(9)12(15)16/h5-7H,3-4,8,13H2,1-2H3,(H,15,16). The fraction of sp³-hybridized carbons (Fsp3) is 0.417. The van der Waals surface area contributed by atoms with Gasteiger partial charge in [-0.05, 0) is 30.8 Å². The summed E-state index contributed by atoms with van der Waals surface area (Å²) >= 11 is 0. The largest absolute Gasteiger partial charge is 0.478 e. The average molecular weight is 222 g/mol. The molecule has 1 rings (SSSR count). The zero-order valence-electron chi connectivity index (χ0n) is 9.73. The first-order chi connectivity index (χ1) is 7.58. The molecule has 3 N–H and O–H groups in total. The maximum atomic E-state index is 11.1. The predicted octanol–water partition coefficient (Wildman–Crippen LogP) is 1.81. The number of benzene rings is 1. The van der Waals surface area contributed by atoms with Crippen molar-refractivity contribution in [1.82, 2.24) is 4.90 Å². The third kappa shape index (κ3) is 2.97. The first-order valence-electron chi connectivity index (χ1n) is 5.42. The molecule has 0 spiro atoms. The van der Waals surface area contributed by atoms with Gasteiger partial charge in [0.05, 0.1) is 5.56 Å². The van der Waals surface area contributed by atoms with Crippen LogP contribution in [0.2, 0.25) is 0 Å². The fourth-order valence-corrected chi connectivity index (χ4v) is 1.62. The molecule has 0 fully saturated rings. The summed E-state index contributed by atoms with van der Waals surface area (Å²) in [6, 6.07) is 5.05. The zero-order chi connectivity index (χ0) is 12.1. The van der Waals surface area contributed by atoms with E-state index in [9.17, 15) is 4.79 Å². The molecule has 0 radical (unpaired) electrons. The van der Waals surface area contributed by atoms with E-state index in [0.29, 0.717) is 17.8 Å². The van der Waals surface area contributed by atoms with Crippen LogP contribution in [0.4, 0.5) is 5.69 Å². The van der Waals surface area contributed by atoms with Crippen molar-refractivity contribution in [3.63, 3.8) is 0 Å². The number of nitrogens with zero attached hydrogens (tertiary/aromatic N) is 1. The van der Waals surface area contributed by atoms with Crippen LogP contribution < -0.4 is 5.73 Å². The number of carboxylic acids is 1. The lowest BCUT2D eigenvalue weighted by molar-refractivity contribution is 0.0694. The van der Waals surface area contributed by atoms with Gasteiger partial charge in [-0.15, -0.1) is 0 Å². The lowest BCUT2D eigenvalue weighted by atomic mass is 10.1. The van der Waals surface area contributed by atoms with Crippen molar-refractivity contribution in [2.75, 3.05) is 18.8 Å². The highest BCUT2D eigenvalue weighted by molar-refractivity contribution is 5.90. The van der Waals surface area contributed by atoms with Crippen LogP contribution in [0.1, 0.15) is 29.8 Å². The highest BCUT2D eigenvalue weighted by Crippen LogP contribution is 2.15. The Morgan fingerprint density at radius 2 is 2.00 bits per heavy atom. The summed E-state index contributed by atoms with van der Waals surface area (Å²) < 4.78 is 0. The molecule has 1 aromatic rings. The van der Waals surface area contributed by atoms with Crippen LogP contribution >= 0.6 is 0 Å². The van der Waals surface area contributed by atoms with E-state index in [1.807, 2.05) is 0 Å². The maximum absolute atomic E-state index is 11.1. The molecule has 0 aliphatic carbocycles. The molecule has 88 valence electrons. The first kappa shape index (κ1) is 12.5. The van der Waals surface area contributed by atoms with E-state index in [4.69, 9.17) is 10.8 Å². The van der Waals surface area contributed by atoms with Gasteiger partial charge in [-0.3, -0.25) is 4.90 Å². The average Bonchev–Trinajstić information content (AvgIpc) is 2.27. The highest BCUT2D eigenvalue weighted by Gasteiger charge is 2.12. The Labute approximate surface area is 95.7 Å². The lowest BCUT2D eigenvalue weighted by Gasteiger charge is -2.19. The molecule has 0 aliphatic heterocycles. The van der Waals surface area contributed by atoms with Crippen LogP contribution in [0.5, 0.6) is 0 Å². The molecule has 0 aromatic heterocycles. The molecule has 16 heavy (non-hydrogen) atoms. The van der Waals surface area contributed by atoms with Crippen molar-refractivity contribution in [3.8, 4) is 0 Å². The van der Waals surface area contributed by atoms with Crippen molar-refractivity contribution in [3.05, 3.63) is 29.3 Å². The third-order valence-corrected chi connectivity index (χ3v) is 2.65. The number of aromatic carboxylic acids is 1. The van der Waals surface area contributed by atoms with Gasteiger partial charge in [0.25, 0.3) is 0 Å². The number of carboxylic acid groups (broad SMARTS) is 1. The smallest absolute Gasteiger partial charge is 0.336 e. The van der Waals surface area contributed by atoms with E-state index in [0.717, 1.165) is 18.7 Å². The molecule has 0 saturated carbocycles. The molecule has 0 saturated heterocycles. The van der Waals surface area contributed by atoms with Crippen LogP contribution in [0.15, 0.2) is 18.2 Å². The van der Waals surface area contributed by atoms with Gasteiger partial charge in [-0.25, -0.2) is 4.79 Å². The number of rotatable bonds is 5. The van der Waals surface area contributed by atoms with Gasteiger partial charge in [-0.2, -0.15) is 0 Å². The van der Waals surface area contributed by atoms with Crippen LogP contribution in [0.25, 0.3) is 0 Å². The van der Waals surface area contributed by atoms with Crippen molar-refractivity contribution in [1.29, 1.82) is 0 Å². The molecule has 0 unspecified atom stereocenters. The van der Waals surface area contributed by atoms with Crippen molar-refractivity contribution >= 4 is 11.7 Å². The van der Waals surface area contributed by atoms with Gasteiger partial charge >= 0.3 is 5.97 Å². The molecule has 0 heterocycles. The number of hydrogen-bond acceptors (Lipinski definition) is 3. The lowest BCUT2D eigenvalue weighted by Crippen LogP contribution is -2.23. The van der Waals surface area contributed by atoms with Crippen LogP contribution in [0.3, 0.4) is 0 Å². The SMILES string of the molecule is CCN(CC)Cc1ccc(N)cc1C(=O)O. The Balaban J connectivity index is 2.98. The minimum Gasteiger partial charge on any atom is -0.478 e. The monoisotopic (exact) mass is 222 g/mol. The summed E-state index contributed by atoms with van der Waals surface area (Å²) in [5.41, 5.74) is 7.18. The van der Waals surface area contributed by atoms with E-state index in [2.05, 4.69) is 18.7 Å². The van der Waals surface area contributed by atoms with E-state index in [-0.39, 0.29) is 0 Å². The molecule has 4 heteroatoms. The second kappa shape index (κ2) is 5.51. The summed E-state index contributed by atoms with van der Waals surface area (Å²) in [5.74, 6) is -0.922. The summed E-state index contributed by atoms with van der Waals surface area (Å²) in [7, 11) is 0. The van der Waals surface area contributed by atoms with Gasteiger partial charge in [-0.1, -0.05) is 19.9 Å². The Kier molecular flexibility index (Phi) is 4.31. The molecule has 0 amide bonds. The van der Waals surface area contributed by atoms with Gasteiger partial charge in [0, 0.05) is 12.2 Å². The number of carbonyl (C=O) groups is 1. The van der Waals surface area contributed by atoms with Gasteiger partial charge < -0.3 is 10.8 Å². The van der Waals surface area contributed by atoms with E-state index < -0.39 is 5.97 Å². The van der Waals surface area contributed by atoms with Gasteiger partial charge in [0.15, 0.2) is 0 Å². The van der Waals surface area contributed by atoms with Crippen molar-refractivity contribution < 1.29 is 9.90 Å². The van der Waals surface area contributed by atoms with Crippen LogP contribution in [-0.4, -0.2) is 29.1 Å². The molecule has 0 bridgehead atoms. The second-order valence-electron chi connectivity index (χ2n) is 3.68. The van der Waals surface area contributed by atoms with E-state index >= 15 is 0 Å². The topological polar surface area (TPSA) is 66.6 Å². The Morgan fingerprint density at radius 3 is 2.50 bits per heavy atom. The van der Waals surface area contributed by atoms with E-state index in [1.165, 1.54) is 6.07 Å². The van der Waals surface area contributed by atoms with Crippen LogP contribution in [-0.2, 0) is 6.54 Å². The Morgan fingerprint density at radius 1 is 1.38 bits per heavy atom. The third-order valence-electron chi connectivity index (χ3n) is 2.65. The number of hydrogen-bond donors (Lipinski definition) is 2. The van der Waals surface area contributed by atoms with Crippen LogP contribution in [0, 0.1) is 0 Å². The van der Waals surface area contributed by atoms with Crippen molar-refractivity contribution in [2.24, 2.45) is 0 Å². The molecule has 4 nitrogen and oxygen atoms in total. The summed E-state index contributed by atoms with van der Waals surface area (Å²) in [6.45, 7) is 6.57. The minimum atomic E-state index is -0.922. The number of nitrogen functional groups attached to an aromatic ring is 1. The van der Waals surface area contributed by atoms with Crippen molar-refractivity contribution in [2.45, 2.75) is 20.4 Å². The molecule has 1 aromatic carbocycles. The zero-order valence-corrected chi connectivity index (χ0v) is 9.73. The summed E-state index contributed by atoms with van der Waals surface area (Å²) in [5, 5.41) is 9.07. The fourth-order valence-electron chi connectivity index (χ4n) is 1.62. The maximum Gasteiger partial charge on any atom is 0.336 e. The Bertz CT molecular complexity index is 373. The molecule has 0 atom stereocenters.